The highest BCUT2D eigenvalue weighted by Gasteiger charge is 2.41. The van der Waals surface area contributed by atoms with Gasteiger partial charge in [-0.3, -0.25) is 4.79 Å². The first-order chi connectivity index (χ1) is 7.76. The Bertz CT molecular complexity index is 267. The highest BCUT2D eigenvalue weighted by atomic mass is 16.6. The highest BCUT2D eigenvalue weighted by molar-refractivity contribution is 5.73. The van der Waals surface area contributed by atoms with Crippen molar-refractivity contribution in [2.24, 2.45) is 17.3 Å². The number of hydrogen-bond donors (Lipinski definition) is 0. The second kappa shape index (κ2) is 5.38. The highest BCUT2D eigenvalue weighted by Crippen LogP contribution is 2.33. The van der Waals surface area contributed by atoms with Crippen LogP contribution in [-0.2, 0) is 14.3 Å². The second-order valence-corrected chi connectivity index (χ2v) is 6.42. The van der Waals surface area contributed by atoms with Gasteiger partial charge in [0.05, 0.1) is 12.0 Å². The largest absolute Gasteiger partial charge is 0.462 e. The lowest BCUT2D eigenvalue weighted by Crippen LogP contribution is -2.47. The molecule has 1 saturated heterocycles. The molecule has 1 heterocycles. The van der Waals surface area contributed by atoms with Gasteiger partial charge in [-0.1, -0.05) is 27.7 Å². The van der Waals surface area contributed by atoms with Gasteiger partial charge in [0.1, 0.15) is 6.10 Å². The topological polar surface area (TPSA) is 35.5 Å². The van der Waals surface area contributed by atoms with E-state index in [1.165, 1.54) is 0 Å². The third kappa shape index (κ3) is 3.70. The summed E-state index contributed by atoms with van der Waals surface area (Å²) in [5.41, 5.74) is 0.276. The molecule has 0 bridgehead atoms. The molecule has 1 fully saturated rings. The van der Waals surface area contributed by atoms with Crippen LogP contribution in [0.4, 0.5) is 0 Å². The van der Waals surface area contributed by atoms with Crippen molar-refractivity contribution in [2.75, 3.05) is 7.11 Å². The number of ether oxygens (including phenoxy) is 2. The monoisotopic (exact) mass is 242 g/mol. The number of carbonyl (C=O) groups is 1. The van der Waals surface area contributed by atoms with E-state index in [2.05, 4.69) is 27.7 Å². The fraction of sp³-hybridized carbons (Fsp3) is 0.929. The summed E-state index contributed by atoms with van der Waals surface area (Å²) in [5.74, 6) is 0.00444. The van der Waals surface area contributed by atoms with Crippen LogP contribution in [0, 0.1) is 17.3 Å². The van der Waals surface area contributed by atoms with Crippen LogP contribution in [0.3, 0.4) is 0 Å². The van der Waals surface area contributed by atoms with E-state index in [9.17, 15) is 4.79 Å². The molecule has 0 radical (unpaired) electrons. The van der Waals surface area contributed by atoms with Crippen LogP contribution in [-0.4, -0.2) is 25.3 Å². The molecule has 17 heavy (non-hydrogen) atoms. The van der Waals surface area contributed by atoms with Crippen molar-refractivity contribution in [1.29, 1.82) is 0 Å². The van der Waals surface area contributed by atoms with Gasteiger partial charge in [-0.15, -0.1) is 0 Å². The molecule has 100 valence electrons. The Hall–Kier alpha value is -0.570. The summed E-state index contributed by atoms with van der Waals surface area (Å²) in [6, 6.07) is 0. The van der Waals surface area contributed by atoms with Gasteiger partial charge in [-0.05, 0) is 25.2 Å². The Morgan fingerprint density at radius 2 is 1.88 bits per heavy atom. The summed E-state index contributed by atoms with van der Waals surface area (Å²) < 4.78 is 11.0. The maximum absolute atomic E-state index is 11.7. The van der Waals surface area contributed by atoms with E-state index in [0.717, 1.165) is 12.8 Å². The lowest BCUT2D eigenvalue weighted by molar-refractivity contribution is -0.181. The van der Waals surface area contributed by atoms with Crippen LogP contribution in [0.1, 0.15) is 47.5 Å². The van der Waals surface area contributed by atoms with E-state index in [0.29, 0.717) is 0 Å². The number of esters is 1. The zero-order chi connectivity index (χ0) is 13.2. The molecule has 3 nitrogen and oxygen atoms in total. The first-order valence-corrected chi connectivity index (χ1v) is 6.49. The normalized spacial score (nSPS) is 34.6. The van der Waals surface area contributed by atoms with Gasteiger partial charge >= 0.3 is 5.97 Å². The number of carbonyl (C=O) groups excluding carboxylic acids is 1. The van der Waals surface area contributed by atoms with E-state index in [1.807, 2.05) is 6.92 Å². The first-order valence-electron chi connectivity index (χ1n) is 6.49. The zero-order valence-corrected chi connectivity index (χ0v) is 11.9. The summed E-state index contributed by atoms with van der Waals surface area (Å²) in [6.45, 7) is 10.6. The predicted octanol–water partition coefficient (Wildman–Crippen LogP) is 3.03. The van der Waals surface area contributed by atoms with E-state index in [4.69, 9.17) is 9.47 Å². The molecule has 4 unspecified atom stereocenters. The Balaban J connectivity index is 2.64. The zero-order valence-electron chi connectivity index (χ0n) is 11.9. The molecule has 1 aliphatic heterocycles. The van der Waals surface area contributed by atoms with Gasteiger partial charge < -0.3 is 9.47 Å². The smallest absolute Gasteiger partial charge is 0.311 e. The second-order valence-electron chi connectivity index (χ2n) is 6.42. The molecule has 0 amide bonds. The Kier molecular flexibility index (Phi) is 4.59. The molecular formula is C14H26O3. The van der Waals surface area contributed by atoms with Crippen molar-refractivity contribution < 1.29 is 14.3 Å². The van der Waals surface area contributed by atoms with Gasteiger partial charge in [0.15, 0.2) is 0 Å². The van der Waals surface area contributed by atoms with Crippen LogP contribution >= 0.6 is 0 Å². The van der Waals surface area contributed by atoms with Gasteiger partial charge in [-0.25, -0.2) is 0 Å². The minimum Gasteiger partial charge on any atom is -0.462 e. The molecule has 0 aromatic rings. The molecule has 1 aliphatic rings. The Labute approximate surface area is 105 Å². The van der Waals surface area contributed by atoms with Crippen molar-refractivity contribution >= 4 is 5.97 Å². The number of hydrogen-bond acceptors (Lipinski definition) is 3. The minimum absolute atomic E-state index is 0.00266. The number of methoxy groups -OCH3 is 1. The third-order valence-corrected chi connectivity index (χ3v) is 3.69. The maximum Gasteiger partial charge on any atom is 0.311 e. The molecule has 0 spiro atoms. The third-order valence-electron chi connectivity index (χ3n) is 3.69. The first kappa shape index (κ1) is 14.5. The van der Waals surface area contributed by atoms with Crippen LogP contribution in [0.5, 0.6) is 0 Å². The van der Waals surface area contributed by atoms with Crippen LogP contribution < -0.4 is 0 Å². The quantitative estimate of drug-likeness (QED) is 0.714. The lowest BCUT2D eigenvalue weighted by atomic mass is 9.81. The fourth-order valence-corrected chi connectivity index (χ4v) is 2.48. The van der Waals surface area contributed by atoms with Crippen molar-refractivity contribution in [3.05, 3.63) is 0 Å². The number of cyclic esters (lactones) is 1. The van der Waals surface area contributed by atoms with E-state index < -0.39 is 0 Å². The van der Waals surface area contributed by atoms with Crippen molar-refractivity contribution in [2.45, 2.75) is 59.7 Å². The average molecular weight is 242 g/mol. The minimum atomic E-state index is -0.152. The summed E-state index contributed by atoms with van der Waals surface area (Å²) in [6.07, 6.45) is 1.97. The van der Waals surface area contributed by atoms with Crippen molar-refractivity contribution in [1.82, 2.24) is 0 Å². The molecule has 3 heteroatoms. The van der Waals surface area contributed by atoms with E-state index in [-0.39, 0.29) is 35.4 Å². The van der Waals surface area contributed by atoms with Crippen molar-refractivity contribution in [3.63, 3.8) is 0 Å². The van der Waals surface area contributed by atoms with E-state index >= 15 is 0 Å². The number of rotatable bonds is 3. The molecular weight excluding hydrogens is 216 g/mol. The van der Waals surface area contributed by atoms with Crippen LogP contribution in [0.2, 0.25) is 0 Å². The SMILES string of the molecule is COC1C(C)C(=O)OC(CCC(C)(C)C)C1C. The Morgan fingerprint density at radius 3 is 2.35 bits per heavy atom. The average Bonchev–Trinajstić information content (AvgIpc) is 2.21. The van der Waals surface area contributed by atoms with Gasteiger partial charge in [0, 0.05) is 13.0 Å². The molecule has 4 atom stereocenters. The molecule has 0 saturated carbocycles. The van der Waals surface area contributed by atoms with Crippen LogP contribution in [0.25, 0.3) is 0 Å². The molecule has 0 aromatic heterocycles. The molecule has 1 rings (SSSR count). The van der Waals surface area contributed by atoms with Gasteiger partial charge in [-0.2, -0.15) is 0 Å². The summed E-state index contributed by atoms with van der Waals surface area (Å²) in [7, 11) is 1.68. The maximum atomic E-state index is 11.7. The summed E-state index contributed by atoms with van der Waals surface area (Å²) >= 11 is 0. The predicted molar refractivity (Wildman–Crippen MR) is 67.7 cm³/mol. The van der Waals surface area contributed by atoms with Crippen molar-refractivity contribution in [3.8, 4) is 0 Å². The van der Waals surface area contributed by atoms with E-state index in [1.54, 1.807) is 7.11 Å². The molecule has 0 N–H and O–H groups in total. The van der Waals surface area contributed by atoms with Gasteiger partial charge in [0.25, 0.3) is 0 Å². The summed E-state index contributed by atoms with van der Waals surface area (Å²) in [4.78, 5) is 11.7. The summed E-state index contributed by atoms with van der Waals surface area (Å²) in [5, 5.41) is 0. The van der Waals surface area contributed by atoms with Crippen LogP contribution in [0.15, 0.2) is 0 Å². The standard InChI is InChI=1S/C14H26O3/c1-9-11(7-8-14(3,4)5)17-13(15)10(2)12(9)16-6/h9-12H,7-8H2,1-6H3. The molecule has 0 aromatic carbocycles. The molecule has 0 aliphatic carbocycles. The fourth-order valence-electron chi connectivity index (χ4n) is 2.48. The Morgan fingerprint density at radius 1 is 1.29 bits per heavy atom. The lowest BCUT2D eigenvalue weighted by Gasteiger charge is -2.39. The van der Waals surface area contributed by atoms with Gasteiger partial charge in [0.2, 0.25) is 0 Å².